The van der Waals surface area contributed by atoms with Gasteiger partial charge in [0.15, 0.2) is 6.17 Å². The first-order valence-corrected chi connectivity index (χ1v) is 5.30. The van der Waals surface area contributed by atoms with Crippen LogP contribution in [0.4, 0.5) is 0 Å². The highest BCUT2D eigenvalue weighted by atomic mass is 16.4. The topological polar surface area (TPSA) is 67.8 Å². The van der Waals surface area contributed by atoms with E-state index in [1.807, 2.05) is 11.8 Å². The number of aliphatic carboxylic acids is 1. The molecule has 1 saturated heterocycles. The molecular weight excluding hydrogens is 196 g/mol. The molecule has 0 radical (unpaired) electrons. The predicted molar refractivity (Wildman–Crippen MR) is 57.3 cm³/mol. The molecule has 1 atom stereocenters. The maximum absolute atomic E-state index is 11.2. The van der Waals surface area contributed by atoms with Crippen LogP contribution in [0, 0.1) is 0 Å². The Labute approximate surface area is 90.2 Å². The van der Waals surface area contributed by atoms with Gasteiger partial charge in [0.25, 0.3) is 0 Å². The van der Waals surface area contributed by atoms with Gasteiger partial charge < -0.3 is 10.4 Å². The van der Waals surface area contributed by atoms with Crippen LogP contribution in [0.3, 0.4) is 0 Å². The SMILES string of the molecule is CCNN(C)C(C(=O)O)N1CCNCC1. The van der Waals surface area contributed by atoms with E-state index < -0.39 is 12.1 Å². The number of hydrazine groups is 1. The average molecular weight is 216 g/mol. The lowest BCUT2D eigenvalue weighted by atomic mass is 10.3. The molecule has 1 rings (SSSR count). The van der Waals surface area contributed by atoms with E-state index in [4.69, 9.17) is 0 Å². The third kappa shape index (κ3) is 3.42. The second kappa shape index (κ2) is 6.02. The molecule has 88 valence electrons. The summed E-state index contributed by atoms with van der Waals surface area (Å²) in [5.74, 6) is -0.805. The van der Waals surface area contributed by atoms with Crippen LogP contribution >= 0.6 is 0 Å². The van der Waals surface area contributed by atoms with Crippen LogP contribution < -0.4 is 10.7 Å². The molecule has 6 nitrogen and oxygen atoms in total. The first kappa shape index (κ1) is 12.4. The molecule has 1 heterocycles. The lowest BCUT2D eigenvalue weighted by Gasteiger charge is -2.37. The molecule has 0 aliphatic carbocycles. The Morgan fingerprint density at radius 1 is 1.60 bits per heavy atom. The number of nitrogens with one attached hydrogen (secondary N) is 2. The summed E-state index contributed by atoms with van der Waals surface area (Å²) in [5, 5.41) is 14.0. The Bertz CT molecular complexity index is 206. The molecule has 1 unspecified atom stereocenters. The number of carbonyl (C=O) groups is 1. The summed E-state index contributed by atoms with van der Waals surface area (Å²) >= 11 is 0. The van der Waals surface area contributed by atoms with E-state index >= 15 is 0 Å². The van der Waals surface area contributed by atoms with Gasteiger partial charge >= 0.3 is 5.97 Å². The molecule has 0 aromatic carbocycles. The summed E-state index contributed by atoms with van der Waals surface area (Å²) in [4.78, 5) is 13.1. The van der Waals surface area contributed by atoms with Crippen LogP contribution in [0.5, 0.6) is 0 Å². The summed E-state index contributed by atoms with van der Waals surface area (Å²) in [7, 11) is 1.77. The average Bonchev–Trinajstić information content (AvgIpc) is 2.19. The third-order valence-electron chi connectivity index (χ3n) is 2.49. The van der Waals surface area contributed by atoms with Crippen molar-refractivity contribution >= 4 is 5.97 Å². The van der Waals surface area contributed by atoms with Crippen molar-refractivity contribution in [2.45, 2.75) is 13.1 Å². The van der Waals surface area contributed by atoms with E-state index in [9.17, 15) is 9.90 Å². The van der Waals surface area contributed by atoms with E-state index in [0.717, 1.165) is 32.7 Å². The molecule has 3 N–H and O–H groups in total. The number of rotatable bonds is 5. The highest BCUT2D eigenvalue weighted by molar-refractivity contribution is 5.72. The highest BCUT2D eigenvalue weighted by Crippen LogP contribution is 2.04. The van der Waals surface area contributed by atoms with Gasteiger partial charge in [-0.15, -0.1) is 0 Å². The van der Waals surface area contributed by atoms with Gasteiger partial charge in [0, 0.05) is 39.8 Å². The molecule has 0 aromatic heterocycles. The minimum Gasteiger partial charge on any atom is -0.479 e. The van der Waals surface area contributed by atoms with E-state index in [-0.39, 0.29) is 0 Å². The molecule has 0 aromatic rings. The molecule has 15 heavy (non-hydrogen) atoms. The second-order valence-corrected chi connectivity index (χ2v) is 3.62. The number of nitrogens with zero attached hydrogens (tertiary/aromatic N) is 2. The summed E-state index contributed by atoms with van der Waals surface area (Å²) < 4.78 is 0. The van der Waals surface area contributed by atoms with E-state index in [1.54, 1.807) is 12.1 Å². The molecule has 0 spiro atoms. The van der Waals surface area contributed by atoms with Gasteiger partial charge in [0.1, 0.15) is 0 Å². The summed E-state index contributed by atoms with van der Waals surface area (Å²) in [5.41, 5.74) is 3.01. The molecule has 0 amide bonds. The van der Waals surface area contributed by atoms with Gasteiger partial charge in [-0.2, -0.15) is 0 Å². The maximum atomic E-state index is 11.2. The van der Waals surface area contributed by atoms with Gasteiger partial charge in [-0.25, -0.2) is 9.80 Å². The number of likely N-dealkylation sites (N-methyl/N-ethyl adjacent to an activating group) is 1. The van der Waals surface area contributed by atoms with E-state index in [1.165, 1.54) is 0 Å². The Hall–Kier alpha value is -0.690. The Kier molecular flexibility index (Phi) is 4.97. The van der Waals surface area contributed by atoms with Crippen LogP contribution in [0.25, 0.3) is 0 Å². The van der Waals surface area contributed by atoms with Crippen molar-refractivity contribution in [1.29, 1.82) is 0 Å². The number of carboxylic acids is 1. The zero-order valence-electron chi connectivity index (χ0n) is 9.36. The van der Waals surface area contributed by atoms with Gasteiger partial charge in [-0.1, -0.05) is 6.92 Å². The lowest BCUT2D eigenvalue weighted by molar-refractivity contribution is -0.153. The fourth-order valence-electron chi connectivity index (χ4n) is 1.83. The van der Waals surface area contributed by atoms with Gasteiger partial charge in [-0.05, 0) is 0 Å². The monoisotopic (exact) mass is 216 g/mol. The largest absolute Gasteiger partial charge is 0.479 e. The molecule has 6 heteroatoms. The fourth-order valence-corrected chi connectivity index (χ4v) is 1.83. The number of carboxylic acid groups (broad SMARTS) is 1. The van der Waals surface area contributed by atoms with Crippen molar-refractivity contribution in [1.82, 2.24) is 20.7 Å². The van der Waals surface area contributed by atoms with Crippen LogP contribution in [-0.4, -0.2) is 66.9 Å². The molecule has 0 saturated carbocycles. The Morgan fingerprint density at radius 3 is 2.67 bits per heavy atom. The number of hydrogen-bond acceptors (Lipinski definition) is 5. The summed E-state index contributed by atoms with van der Waals surface area (Å²) in [6.07, 6.45) is -0.577. The molecule has 1 aliphatic heterocycles. The van der Waals surface area contributed by atoms with Crippen LogP contribution in [-0.2, 0) is 4.79 Å². The number of piperazine rings is 1. The first-order valence-electron chi connectivity index (χ1n) is 5.30. The fraction of sp³-hybridized carbons (Fsp3) is 0.889. The van der Waals surface area contributed by atoms with Gasteiger partial charge in [-0.3, -0.25) is 10.3 Å². The van der Waals surface area contributed by atoms with Crippen molar-refractivity contribution < 1.29 is 9.90 Å². The highest BCUT2D eigenvalue weighted by Gasteiger charge is 2.30. The predicted octanol–water partition coefficient (Wildman–Crippen LogP) is -1.24. The molecule has 1 aliphatic rings. The molecule has 0 bridgehead atoms. The minimum absolute atomic E-state index is 0.577. The van der Waals surface area contributed by atoms with Crippen molar-refractivity contribution in [2.24, 2.45) is 0 Å². The van der Waals surface area contributed by atoms with Gasteiger partial charge in [0.05, 0.1) is 0 Å². The summed E-state index contributed by atoms with van der Waals surface area (Å²) in [6, 6.07) is 0. The van der Waals surface area contributed by atoms with Crippen LogP contribution in [0.1, 0.15) is 6.92 Å². The Morgan fingerprint density at radius 2 is 2.20 bits per heavy atom. The van der Waals surface area contributed by atoms with Crippen LogP contribution in [0.2, 0.25) is 0 Å². The van der Waals surface area contributed by atoms with E-state index in [0.29, 0.717) is 0 Å². The molecule has 1 fully saturated rings. The Balaban J connectivity index is 2.58. The van der Waals surface area contributed by atoms with Crippen molar-refractivity contribution in [3.8, 4) is 0 Å². The van der Waals surface area contributed by atoms with Crippen molar-refractivity contribution in [3.05, 3.63) is 0 Å². The quantitative estimate of drug-likeness (QED) is 0.499. The van der Waals surface area contributed by atoms with E-state index in [2.05, 4.69) is 10.7 Å². The lowest BCUT2D eigenvalue weighted by Crippen LogP contribution is -2.60. The van der Waals surface area contributed by atoms with Gasteiger partial charge in [0.2, 0.25) is 0 Å². The molecular formula is C9H20N4O2. The summed E-state index contributed by atoms with van der Waals surface area (Å²) in [6.45, 7) is 5.92. The smallest absolute Gasteiger partial charge is 0.337 e. The standard InChI is InChI=1S/C9H20N4O2/c1-3-11-12(2)8(9(14)15)13-6-4-10-5-7-13/h8,10-11H,3-7H2,1-2H3,(H,14,15). The van der Waals surface area contributed by atoms with Crippen molar-refractivity contribution in [3.63, 3.8) is 0 Å². The zero-order valence-corrected chi connectivity index (χ0v) is 9.36. The zero-order chi connectivity index (χ0) is 11.3. The first-order chi connectivity index (χ1) is 7.16. The normalized spacial score (nSPS) is 20.5. The number of hydrogen-bond donors (Lipinski definition) is 3. The second-order valence-electron chi connectivity index (χ2n) is 3.62. The maximum Gasteiger partial charge on any atom is 0.337 e. The van der Waals surface area contributed by atoms with Crippen molar-refractivity contribution in [2.75, 3.05) is 39.8 Å². The van der Waals surface area contributed by atoms with Crippen LogP contribution in [0.15, 0.2) is 0 Å². The minimum atomic E-state index is -0.805. The third-order valence-corrected chi connectivity index (χ3v) is 2.49.